The molecule has 1 aliphatic rings. The number of hydrogen-bond acceptors (Lipinski definition) is 7. The number of thiazole rings is 1. The van der Waals surface area contributed by atoms with Crippen molar-refractivity contribution in [3.05, 3.63) is 101 Å². The summed E-state index contributed by atoms with van der Waals surface area (Å²) < 4.78 is 7.60. The molecule has 0 fully saturated rings. The van der Waals surface area contributed by atoms with Gasteiger partial charge in [-0.25, -0.2) is 9.79 Å². The molecule has 4 aromatic rings. The van der Waals surface area contributed by atoms with Gasteiger partial charge in [0.1, 0.15) is 11.5 Å². The summed E-state index contributed by atoms with van der Waals surface area (Å²) in [7, 11) is 0. The zero-order valence-electron chi connectivity index (χ0n) is 19.4. The van der Waals surface area contributed by atoms with Crippen LogP contribution in [-0.2, 0) is 9.53 Å². The molecule has 1 aromatic heterocycles. The Balaban J connectivity index is 1.81. The first-order valence-electron chi connectivity index (χ1n) is 11.2. The first-order chi connectivity index (χ1) is 17.3. The molecule has 0 unspecified atom stereocenters. The summed E-state index contributed by atoms with van der Waals surface area (Å²) in [6.07, 6.45) is 1.55. The van der Waals surface area contributed by atoms with Crippen LogP contribution in [0.25, 0.3) is 16.8 Å². The van der Waals surface area contributed by atoms with E-state index in [0.717, 1.165) is 27.7 Å². The van der Waals surface area contributed by atoms with Crippen LogP contribution in [0.2, 0.25) is 0 Å². The summed E-state index contributed by atoms with van der Waals surface area (Å²) in [4.78, 5) is 32.0. The molecule has 0 spiro atoms. The molecule has 9 heteroatoms. The highest BCUT2D eigenvalue weighted by Crippen LogP contribution is 2.35. The van der Waals surface area contributed by atoms with Gasteiger partial charge in [0.05, 0.1) is 32.9 Å². The van der Waals surface area contributed by atoms with E-state index in [0.29, 0.717) is 30.6 Å². The Labute approximate surface area is 218 Å². The van der Waals surface area contributed by atoms with Crippen molar-refractivity contribution in [3.8, 4) is 11.5 Å². The average Bonchev–Trinajstić information content (AvgIpc) is 3.15. The molecule has 2 N–H and O–H groups in total. The second-order valence-corrected chi connectivity index (χ2v) is 10.1. The zero-order valence-corrected chi connectivity index (χ0v) is 21.8. The molecule has 7 nitrogen and oxygen atoms in total. The SMILES string of the molecule is CCOC(=O)C1=C(C)N=c2s/c(=C/c3cc(Br)c(O)cc3O)c(=O)n2[C@H]1c1cccc2ccccc12. The van der Waals surface area contributed by atoms with Gasteiger partial charge in [-0.1, -0.05) is 53.8 Å². The molecule has 36 heavy (non-hydrogen) atoms. The first-order valence-corrected chi connectivity index (χ1v) is 12.8. The van der Waals surface area contributed by atoms with E-state index in [2.05, 4.69) is 20.9 Å². The summed E-state index contributed by atoms with van der Waals surface area (Å²) >= 11 is 4.40. The van der Waals surface area contributed by atoms with Crippen molar-refractivity contribution < 1.29 is 19.7 Å². The maximum Gasteiger partial charge on any atom is 0.338 e. The average molecular weight is 565 g/mol. The largest absolute Gasteiger partial charge is 0.507 e. The summed E-state index contributed by atoms with van der Waals surface area (Å²) in [6, 6.07) is 15.6. The normalized spacial score (nSPS) is 15.6. The van der Waals surface area contributed by atoms with Crippen LogP contribution in [0.5, 0.6) is 11.5 Å². The van der Waals surface area contributed by atoms with Crippen LogP contribution in [0.3, 0.4) is 0 Å². The van der Waals surface area contributed by atoms with Crippen LogP contribution in [0.15, 0.2) is 80.1 Å². The Morgan fingerprint density at radius 2 is 1.92 bits per heavy atom. The third-order valence-electron chi connectivity index (χ3n) is 6.02. The van der Waals surface area contributed by atoms with E-state index in [9.17, 15) is 19.8 Å². The summed E-state index contributed by atoms with van der Waals surface area (Å²) in [6.45, 7) is 3.67. The number of phenols is 2. The van der Waals surface area contributed by atoms with Crippen LogP contribution in [-0.4, -0.2) is 27.4 Å². The standard InChI is InChI=1S/C27H21BrN2O5S/c1-3-35-26(34)23-14(2)29-27-30(24(23)18-10-6-8-15-7-4-5-9-17(15)18)25(33)22(36-27)12-16-11-19(28)21(32)13-20(16)31/h4-13,24,31-32H,3H2,1-2H3/b22-12+/t24-/m0/s1. The zero-order chi connectivity index (χ0) is 25.6. The number of aromatic nitrogens is 1. The van der Waals surface area contributed by atoms with Gasteiger partial charge in [-0.2, -0.15) is 0 Å². The van der Waals surface area contributed by atoms with Crippen LogP contribution < -0.4 is 14.9 Å². The maximum absolute atomic E-state index is 13.8. The maximum atomic E-state index is 13.8. The van der Waals surface area contributed by atoms with Crippen molar-refractivity contribution in [2.45, 2.75) is 19.9 Å². The fourth-order valence-corrected chi connectivity index (χ4v) is 5.80. The molecule has 0 radical (unpaired) electrons. The minimum atomic E-state index is -0.742. The molecule has 0 amide bonds. The van der Waals surface area contributed by atoms with Crippen molar-refractivity contribution in [1.82, 2.24) is 4.57 Å². The molecule has 3 aromatic carbocycles. The predicted molar refractivity (Wildman–Crippen MR) is 142 cm³/mol. The molecular weight excluding hydrogens is 544 g/mol. The highest BCUT2D eigenvalue weighted by atomic mass is 79.9. The predicted octanol–water partition coefficient (Wildman–Crippen LogP) is 4.13. The number of esters is 1. The highest BCUT2D eigenvalue weighted by Gasteiger charge is 2.34. The van der Waals surface area contributed by atoms with Crippen LogP contribution >= 0.6 is 27.3 Å². The smallest absolute Gasteiger partial charge is 0.338 e. The van der Waals surface area contributed by atoms with Gasteiger partial charge in [-0.15, -0.1) is 0 Å². The molecule has 0 saturated carbocycles. The lowest BCUT2D eigenvalue weighted by atomic mass is 9.91. The highest BCUT2D eigenvalue weighted by molar-refractivity contribution is 9.10. The molecule has 1 atom stereocenters. The van der Waals surface area contributed by atoms with Crippen molar-refractivity contribution in [2.24, 2.45) is 4.99 Å². The molecule has 0 saturated heterocycles. The summed E-state index contributed by atoms with van der Waals surface area (Å²) in [5.74, 6) is -0.807. The van der Waals surface area contributed by atoms with Gasteiger partial charge < -0.3 is 14.9 Å². The van der Waals surface area contributed by atoms with Gasteiger partial charge in [-0.3, -0.25) is 9.36 Å². The fourth-order valence-electron chi connectivity index (χ4n) is 4.40. The molecule has 0 bridgehead atoms. The van der Waals surface area contributed by atoms with E-state index in [1.807, 2.05) is 42.5 Å². The van der Waals surface area contributed by atoms with Gasteiger partial charge >= 0.3 is 5.97 Å². The number of halogens is 1. The number of phenolic OH excluding ortho intramolecular Hbond substituents is 2. The van der Waals surface area contributed by atoms with Gasteiger partial charge in [0.25, 0.3) is 5.56 Å². The van der Waals surface area contributed by atoms with Gasteiger partial charge in [0.15, 0.2) is 4.80 Å². The Bertz CT molecular complexity index is 1750. The van der Waals surface area contributed by atoms with Crippen LogP contribution in [0.4, 0.5) is 0 Å². The molecule has 1 aliphatic heterocycles. The Hall–Kier alpha value is -3.69. The summed E-state index contributed by atoms with van der Waals surface area (Å²) in [5, 5.41) is 22.1. The topological polar surface area (TPSA) is 101 Å². The third kappa shape index (κ3) is 4.04. The number of nitrogens with zero attached hydrogens (tertiary/aromatic N) is 2. The number of fused-ring (bicyclic) bond motifs is 2. The lowest BCUT2D eigenvalue weighted by Crippen LogP contribution is -2.40. The summed E-state index contributed by atoms with van der Waals surface area (Å²) in [5.41, 5.74) is 1.58. The number of carbonyl (C=O) groups excluding carboxylic acids is 1. The first kappa shape index (κ1) is 24.0. The van der Waals surface area contributed by atoms with E-state index in [1.54, 1.807) is 19.9 Å². The van der Waals surface area contributed by atoms with E-state index in [4.69, 9.17) is 4.74 Å². The molecule has 182 valence electrons. The molecular formula is C27H21BrN2O5S. The third-order valence-corrected chi connectivity index (χ3v) is 7.64. The van der Waals surface area contributed by atoms with Crippen molar-refractivity contribution >= 4 is 50.1 Å². The Morgan fingerprint density at radius 1 is 1.17 bits per heavy atom. The van der Waals surface area contributed by atoms with Crippen molar-refractivity contribution in [3.63, 3.8) is 0 Å². The number of rotatable bonds is 4. The molecule has 5 rings (SSSR count). The van der Waals surface area contributed by atoms with E-state index < -0.39 is 12.0 Å². The van der Waals surface area contributed by atoms with E-state index in [1.165, 1.54) is 16.7 Å². The minimum absolute atomic E-state index is 0.114. The number of carbonyl (C=O) groups is 1. The lowest BCUT2D eigenvalue weighted by molar-refractivity contribution is -0.139. The van der Waals surface area contributed by atoms with Crippen LogP contribution in [0, 0.1) is 0 Å². The molecule has 2 heterocycles. The quantitative estimate of drug-likeness (QED) is 0.363. The van der Waals surface area contributed by atoms with Crippen LogP contribution in [0.1, 0.15) is 31.0 Å². The number of aromatic hydroxyl groups is 2. The van der Waals surface area contributed by atoms with Crippen molar-refractivity contribution in [1.29, 1.82) is 0 Å². The number of benzene rings is 3. The minimum Gasteiger partial charge on any atom is -0.507 e. The van der Waals surface area contributed by atoms with E-state index in [-0.39, 0.29) is 23.7 Å². The van der Waals surface area contributed by atoms with Crippen molar-refractivity contribution in [2.75, 3.05) is 6.61 Å². The second-order valence-electron chi connectivity index (χ2n) is 8.23. The fraction of sp³-hybridized carbons (Fsp3) is 0.148. The van der Waals surface area contributed by atoms with E-state index >= 15 is 0 Å². The van der Waals surface area contributed by atoms with Gasteiger partial charge in [0.2, 0.25) is 0 Å². The lowest BCUT2D eigenvalue weighted by Gasteiger charge is -2.25. The number of hydrogen-bond donors (Lipinski definition) is 2. The monoisotopic (exact) mass is 564 g/mol. The Kier molecular flexibility index (Phi) is 6.27. The number of allylic oxidation sites excluding steroid dienone is 1. The Morgan fingerprint density at radius 3 is 2.69 bits per heavy atom. The second kappa shape index (κ2) is 9.40. The molecule has 0 aliphatic carbocycles. The van der Waals surface area contributed by atoms with Gasteiger partial charge in [0, 0.05) is 11.6 Å². The number of ether oxygens (including phenoxy) is 1. The van der Waals surface area contributed by atoms with Gasteiger partial charge in [-0.05, 0) is 58.3 Å².